The van der Waals surface area contributed by atoms with Crippen LogP contribution in [0, 0.1) is 124 Å². The molecule has 6 aromatic carbocycles. The van der Waals surface area contributed by atoms with Gasteiger partial charge in [-0.25, -0.2) is 4.85 Å². The number of fused-ring (bicyclic) bond motifs is 4. The fraction of sp³-hybridized carbons (Fsp3) is 0.351. The number of anilines is 6. The Hall–Kier alpha value is -5.80. The third kappa shape index (κ3) is 6.12. The maximum atomic E-state index is 15.4. The Balaban J connectivity index is 1.64. The second kappa shape index (κ2) is 14.9. The van der Waals surface area contributed by atoms with Crippen LogP contribution in [-0.2, 0) is 19.0 Å². The lowest BCUT2D eigenvalue weighted by molar-refractivity contribution is -0.137. The largest absolute Gasteiger partial charge is 0.415 e. The van der Waals surface area contributed by atoms with Crippen LogP contribution in [0.25, 0.3) is 16.0 Å². The maximum absolute atomic E-state index is 15.4. The second-order valence-electron chi connectivity index (χ2n) is 18.8. The number of rotatable bonds is 3. The third-order valence-corrected chi connectivity index (χ3v) is 16.3. The number of alkyl halides is 3. The van der Waals surface area contributed by atoms with Crippen molar-refractivity contribution in [1.29, 1.82) is 0 Å². The number of hydrogen-bond donors (Lipinski definition) is 0. The normalized spacial score (nSPS) is 13.2. The van der Waals surface area contributed by atoms with Gasteiger partial charge in [-0.1, -0.05) is 18.2 Å². The van der Waals surface area contributed by atoms with E-state index in [-0.39, 0.29) is 11.3 Å². The van der Waals surface area contributed by atoms with E-state index in [1.165, 1.54) is 101 Å². The van der Waals surface area contributed by atoms with Gasteiger partial charge in [0.1, 0.15) is 0 Å². The molecule has 2 aliphatic rings. The summed E-state index contributed by atoms with van der Waals surface area (Å²) in [5, 5.41) is 0. The highest BCUT2D eigenvalue weighted by Gasteiger charge is 2.39. The van der Waals surface area contributed by atoms with Crippen LogP contribution in [0.2, 0.25) is 0 Å². The molecular weight excluding hydrogens is 784 g/mol. The molecule has 3 nitrogen and oxygen atoms in total. The molecule has 63 heavy (non-hydrogen) atoms. The zero-order valence-corrected chi connectivity index (χ0v) is 40.3. The topological polar surface area (TPSA) is 10.8 Å². The van der Waals surface area contributed by atoms with Gasteiger partial charge in [-0.3, -0.25) is 0 Å². The van der Waals surface area contributed by atoms with Gasteiger partial charge in [-0.15, -0.1) is 0 Å². The number of hydrogen-bond acceptors (Lipinski definition) is 2. The first kappa shape index (κ1) is 43.8. The number of benzene rings is 6. The lowest BCUT2D eigenvalue weighted by atomic mass is 9.79. The molecule has 8 rings (SSSR count). The molecule has 0 radical (unpaired) electrons. The Bertz CT molecular complexity index is 2770. The van der Waals surface area contributed by atoms with Gasteiger partial charge in [0, 0.05) is 12.8 Å². The summed E-state index contributed by atoms with van der Waals surface area (Å²) in [4.78, 5) is 8.58. The Morgan fingerprint density at radius 3 is 1.02 bits per heavy atom. The highest BCUT2D eigenvalue weighted by Crippen LogP contribution is 2.58. The van der Waals surface area contributed by atoms with Crippen LogP contribution in [-0.4, -0.2) is 0 Å². The van der Waals surface area contributed by atoms with Crippen molar-refractivity contribution >= 4 is 39.8 Å². The van der Waals surface area contributed by atoms with E-state index in [0.717, 1.165) is 80.8 Å². The molecule has 324 valence electrons. The summed E-state index contributed by atoms with van der Waals surface area (Å²) in [7, 11) is 0. The molecule has 6 aromatic rings. The molecule has 0 unspecified atom stereocenters. The van der Waals surface area contributed by atoms with E-state index in [4.69, 9.17) is 6.57 Å². The SMILES string of the molecule is [C-]#[N+]c1cccc(C(F)(F)F)c1-c1cc(N2c3c(C)c(C)c(C)c(C)c3Cc3c(C)c(C)c(C)c(C)c32)c(C)c(N2c3c(C)c(C)c(C)c(C)c3Cc3c(C)c(C)c(C)c(C)c32)c1. The van der Waals surface area contributed by atoms with Crippen molar-refractivity contribution in [2.45, 2.75) is 137 Å². The minimum atomic E-state index is -4.70. The molecule has 6 heteroatoms. The Morgan fingerprint density at radius 1 is 0.429 bits per heavy atom. The van der Waals surface area contributed by atoms with Crippen LogP contribution in [0.3, 0.4) is 0 Å². The van der Waals surface area contributed by atoms with Gasteiger partial charge in [-0.05, 0) is 258 Å². The molecule has 0 aliphatic carbocycles. The smallest absolute Gasteiger partial charge is 0.309 e. The van der Waals surface area contributed by atoms with Gasteiger partial charge in [0.25, 0.3) is 0 Å². The average Bonchev–Trinajstić information content (AvgIpc) is 3.26. The molecule has 0 atom stereocenters. The summed E-state index contributed by atoms with van der Waals surface area (Å²) in [5.41, 5.74) is 30.7. The molecule has 0 fully saturated rings. The van der Waals surface area contributed by atoms with E-state index >= 15 is 13.2 Å². The van der Waals surface area contributed by atoms with Crippen molar-refractivity contribution < 1.29 is 13.2 Å². The predicted molar refractivity (Wildman–Crippen MR) is 259 cm³/mol. The van der Waals surface area contributed by atoms with Gasteiger partial charge < -0.3 is 9.80 Å². The van der Waals surface area contributed by atoms with Gasteiger partial charge in [0.2, 0.25) is 0 Å². The van der Waals surface area contributed by atoms with E-state index in [1.54, 1.807) is 0 Å². The lowest BCUT2D eigenvalue weighted by Crippen LogP contribution is -2.27. The van der Waals surface area contributed by atoms with Crippen LogP contribution in [0.4, 0.5) is 53.0 Å². The Labute approximate surface area is 373 Å². The zero-order chi connectivity index (χ0) is 46.2. The van der Waals surface area contributed by atoms with Crippen molar-refractivity contribution in [3.05, 3.63) is 164 Å². The van der Waals surface area contributed by atoms with Crippen molar-refractivity contribution in [1.82, 2.24) is 0 Å². The average molecular weight is 844 g/mol. The van der Waals surface area contributed by atoms with Crippen LogP contribution in [0.15, 0.2) is 30.3 Å². The van der Waals surface area contributed by atoms with E-state index in [1.807, 2.05) is 12.1 Å². The highest BCUT2D eigenvalue weighted by atomic mass is 19.4. The quantitative estimate of drug-likeness (QED) is 0.164. The molecule has 0 amide bonds. The standard InChI is InChI=1S/C57H60F3N3/c1-26-30(5)38(13)53-44(34(26)9)24-45-35(10)27(2)31(6)39(14)54(45)62(53)50-22-43(52-48(57(58,59)60)20-19-21-49(52)61-18)23-51(42(50)17)63-55-40(15)32(7)28(3)36(11)46(55)25-47-37(12)29(4)33(8)41(16)56(47)63/h19-23H,24-25H2,1-17H3. The Kier molecular flexibility index (Phi) is 10.4. The van der Waals surface area contributed by atoms with Crippen LogP contribution in [0.1, 0.15) is 122 Å². The summed E-state index contributed by atoms with van der Waals surface area (Å²) in [5.74, 6) is 0. The molecule has 2 aliphatic heterocycles. The first-order valence-electron chi connectivity index (χ1n) is 22.2. The number of halogens is 3. The molecular formula is C57H60F3N3. The van der Waals surface area contributed by atoms with E-state index in [9.17, 15) is 0 Å². The lowest BCUT2D eigenvalue weighted by Gasteiger charge is -2.43. The summed E-state index contributed by atoms with van der Waals surface area (Å²) in [6.07, 6.45) is -3.19. The molecule has 2 heterocycles. The summed E-state index contributed by atoms with van der Waals surface area (Å²) >= 11 is 0. The Morgan fingerprint density at radius 2 is 0.730 bits per heavy atom. The first-order chi connectivity index (χ1) is 29.5. The van der Waals surface area contributed by atoms with Gasteiger partial charge in [0.15, 0.2) is 5.69 Å². The molecule has 0 spiro atoms. The van der Waals surface area contributed by atoms with Gasteiger partial charge in [-0.2, -0.15) is 13.2 Å². The summed E-state index contributed by atoms with van der Waals surface area (Å²) < 4.78 is 46.3. The monoisotopic (exact) mass is 843 g/mol. The van der Waals surface area contributed by atoms with Crippen molar-refractivity contribution in [2.24, 2.45) is 0 Å². The zero-order valence-electron chi connectivity index (χ0n) is 40.3. The van der Waals surface area contributed by atoms with E-state index in [0.29, 0.717) is 5.56 Å². The van der Waals surface area contributed by atoms with Crippen molar-refractivity contribution in [3.63, 3.8) is 0 Å². The van der Waals surface area contributed by atoms with Gasteiger partial charge >= 0.3 is 6.18 Å². The molecule has 0 N–H and O–H groups in total. The minimum Gasteiger partial charge on any atom is -0.309 e. The third-order valence-electron chi connectivity index (χ3n) is 16.3. The molecule has 0 saturated carbocycles. The fourth-order valence-electron chi connectivity index (χ4n) is 11.1. The van der Waals surface area contributed by atoms with Crippen LogP contribution in [0.5, 0.6) is 0 Å². The second-order valence-corrected chi connectivity index (χ2v) is 18.8. The summed E-state index contributed by atoms with van der Waals surface area (Å²) in [6.45, 7) is 45.7. The van der Waals surface area contributed by atoms with Crippen LogP contribution < -0.4 is 9.80 Å². The molecule has 0 saturated heterocycles. The van der Waals surface area contributed by atoms with E-state index in [2.05, 4.69) is 132 Å². The fourth-order valence-corrected chi connectivity index (χ4v) is 11.1. The molecule has 0 bridgehead atoms. The maximum Gasteiger partial charge on any atom is 0.415 e. The predicted octanol–water partition coefficient (Wildman–Crippen LogP) is 16.9. The van der Waals surface area contributed by atoms with Gasteiger partial charge in [0.05, 0.1) is 46.3 Å². The summed E-state index contributed by atoms with van der Waals surface area (Å²) in [6, 6.07) is 7.90. The first-order valence-corrected chi connectivity index (χ1v) is 22.2. The van der Waals surface area contributed by atoms with Crippen LogP contribution >= 0.6 is 0 Å². The molecule has 0 aromatic heterocycles. The minimum absolute atomic E-state index is 0.0292. The highest BCUT2D eigenvalue weighted by molar-refractivity contribution is 5.99. The van der Waals surface area contributed by atoms with E-state index < -0.39 is 11.7 Å². The number of nitrogens with zero attached hydrogens (tertiary/aromatic N) is 3. The van der Waals surface area contributed by atoms with Crippen molar-refractivity contribution in [3.8, 4) is 11.1 Å². The van der Waals surface area contributed by atoms with Crippen molar-refractivity contribution in [2.75, 3.05) is 9.80 Å².